The Morgan fingerprint density at radius 3 is 2.37 bits per heavy atom. The summed E-state index contributed by atoms with van der Waals surface area (Å²) >= 11 is 0. The topological polar surface area (TPSA) is 135 Å². The van der Waals surface area contributed by atoms with Crippen molar-refractivity contribution in [2.24, 2.45) is 5.73 Å². The van der Waals surface area contributed by atoms with Gasteiger partial charge >= 0.3 is 11.9 Å². The summed E-state index contributed by atoms with van der Waals surface area (Å²) in [7, 11) is 0. The number of hydrogen-bond acceptors (Lipinski definition) is 7. The molecule has 1 saturated heterocycles. The highest BCUT2D eigenvalue weighted by atomic mass is 16.5. The molecule has 2 aromatic rings. The number of nitrogens with zero attached hydrogens (tertiary/aromatic N) is 1. The molecule has 0 spiro atoms. The SMILES string of the molecule is CCOC(=O)C1CCCCN1NC(=O)/C(C)=C/c1ccc(C(=O)Oc2ccc(C(=N)N)cc2)cc1. The van der Waals surface area contributed by atoms with Crippen LogP contribution in [0.5, 0.6) is 5.75 Å². The highest BCUT2D eigenvalue weighted by Gasteiger charge is 2.31. The van der Waals surface area contributed by atoms with Gasteiger partial charge < -0.3 is 15.2 Å². The molecular formula is C26H30N4O5. The van der Waals surface area contributed by atoms with E-state index in [-0.39, 0.29) is 17.7 Å². The smallest absolute Gasteiger partial charge is 0.343 e. The Bertz CT molecular complexity index is 1110. The number of benzene rings is 2. The molecule has 0 bridgehead atoms. The van der Waals surface area contributed by atoms with Crippen LogP contribution in [-0.4, -0.2) is 47.9 Å². The molecule has 0 aliphatic carbocycles. The third-order valence-electron chi connectivity index (χ3n) is 5.57. The van der Waals surface area contributed by atoms with Crippen molar-refractivity contribution < 1.29 is 23.9 Å². The maximum atomic E-state index is 12.7. The fourth-order valence-corrected chi connectivity index (χ4v) is 3.67. The van der Waals surface area contributed by atoms with E-state index in [2.05, 4.69) is 5.43 Å². The van der Waals surface area contributed by atoms with Crippen LogP contribution in [-0.2, 0) is 14.3 Å². The van der Waals surface area contributed by atoms with Crippen LogP contribution in [0.25, 0.3) is 6.08 Å². The quantitative estimate of drug-likeness (QED) is 0.174. The van der Waals surface area contributed by atoms with Gasteiger partial charge in [-0.05, 0) is 81.1 Å². The van der Waals surface area contributed by atoms with Crippen LogP contribution in [0.4, 0.5) is 0 Å². The number of nitrogens with one attached hydrogen (secondary N) is 2. The zero-order valence-corrected chi connectivity index (χ0v) is 19.9. The van der Waals surface area contributed by atoms with E-state index < -0.39 is 12.0 Å². The van der Waals surface area contributed by atoms with Gasteiger partial charge in [0.1, 0.15) is 17.6 Å². The Morgan fingerprint density at radius 1 is 1.09 bits per heavy atom. The van der Waals surface area contributed by atoms with Crippen LogP contribution >= 0.6 is 0 Å². The number of esters is 2. The Labute approximate surface area is 204 Å². The largest absolute Gasteiger partial charge is 0.465 e. The van der Waals surface area contributed by atoms with Gasteiger partial charge in [-0.15, -0.1) is 0 Å². The zero-order chi connectivity index (χ0) is 25.4. The molecule has 1 aliphatic heterocycles. The van der Waals surface area contributed by atoms with Crippen molar-refractivity contribution in [2.45, 2.75) is 39.2 Å². The van der Waals surface area contributed by atoms with Gasteiger partial charge in [0.15, 0.2) is 0 Å². The van der Waals surface area contributed by atoms with E-state index in [0.29, 0.717) is 42.0 Å². The van der Waals surface area contributed by atoms with Crippen LogP contribution in [0, 0.1) is 5.41 Å². The summed E-state index contributed by atoms with van der Waals surface area (Å²) < 4.78 is 10.5. The standard InChI is InChI=1S/C26H30N4O5/c1-3-34-26(33)22-6-4-5-15-30(22)29-24(31)17(2)16-18-7-9-20(10-8-18)25(32)35-21-13-11-19(12-14-21)23(27)28/h7-14,16,22H,3-6,15H2,1-2H3,(H3,27,28)(H,29,31)/b17-16+. The number of piperidine rings is 1. The number of nitrogens with two attached hydrogens (primary N) is 1. The second kappa shape index (κ2) is 11.9. The average molecular weight is 479 g/mol. The van der Waals surface area contributed by atoms with Crippen LogP contribution in [0.1, 0.15) is 54.6 Å². The molecular weight excluding hydrogens is 448 g/mol. The first-order valence-electron chi connectivity index (χ1n) is 11.5. The van der Waals surface area contributed by atoms with Crippen molar-refractivity contribution in [1.29, 1.82) is 5.41 Å². The summed E-state index contributed by atoms with van der Waals surface area (Å²) in [4.78, 5) is 37.3. The summed E-state index contributed by atoms with van der Waals surface area (Å²) in [6.45, 7) is 4.32. The minimum Gasteiger partial charge on any atom is -0.465 e. The first-order chi connectivity index (χ1) is 16.8. The zero-order valence-electron chi connectivity index (χ0n) is 19.9. The first-order valence-corrected chi connectivity index (χ1v) is 11.5. The van der Waals surface area contributed by atoms with Crippen molar-refractivity contribution in [2.75, 3.05) is 13.2 Å². The minimum atomic E-state index is -0.527. The van der Waals surface area contributed by atoms with Crippen molar-refractivity contribution in [3.8, 4) is 5.75 Å². The van der Waals surface area contributed by atoms with Crippen LogP contribution < -0.4 is 15.9 Å². The lowest BCUT2D eigenvalue weighted by atomic mass is 10.0. The van der Waals surface area contributed by atoms with Gasteiger partial charge in [0.2, 0.25) is 0 Å². The summed E-state index contributed by atoms with van der Waals surface area (Å²) in [5, 5.41) is 9.06. The molecule has 4 N–H and O–H groups in total. The van der Waals surface area contributed by atoms with Gasteiger partial charge in [0.05, 0.1) is 12.2 Å². The summed E-state index contributed by atoms with van der Waals surface area (Å²) in [5.74, 6) is -0.883. The molecule has 184 valence electrons. The molecule has 0 saturated carbocycles. The number of amidine groups is 1. The Kier molecular flexibility index (Phi) is 8.74. The van der Waals surface area contributed by atoms with E-state index in [1.165, 1.54) is 0 Å². The molecule has 1 heterocycles. The van der Waals surface area contributed by atoms with E-state index in [0.717, 1.165) is 18.4 Å². The predicted molar refractivity (Wildman–Crippen MR) is 132 cm³/mol. The number of amides is 1. The first kappa shape index (κ1) is 25.6. The van der Waals surface area contributed by atoms with Crippen LogP contribution in [0.3, 0.4) is 0 Å². The Morgan fingerprint density at radius 2 is 1.74 bits per heavy atom. The molecule has 3 rings (SSSR count). The van der Waals surface area contributed by atoms with Crippen molar-refractivity contribution in [1.82, 2.24) is 10.4 Å². The van der Waals surface area contributed by atoms with Crippen molar-refractivity contribution >= 4 is 29.8 Å². The van der Waals surface area contributed by atoms with Crippen molar-refractivity contribution in [3.05, 3.63) is 70.8 Å². The lowest BCUT2D eigenvalue weighted by Gasteiger charge is -2.33. The second-order valence-corrected chi connectivity index (χ2v) is 8.17. The lowest BCUT2D eigenvalue weighted by molar-refractivity contribution is -0.153. The number of rotatable bonds is 8. The number of ether oxygens (including phenoxy) is 2. The van der Waals surface area contributed by atoms with Gasteiger partial charge in [0.25, 0.3) is 5.91 Å². The fraction of sp³-hybridized carbons (Fsp3) is 0.308. The van der Waals surface area contributed by atoms with E-state index in [1.807, 2.05) is 0 Å². The lowest BCUT2D eigenvalue weighted by Crippen LogP contribution is -2.54. The fourth-order valence-electron chi connectivity index (χ4n) is 3.67. The van der Waals surface area contributed by atoms with Gasteiger partial charge in [-0.1, -0.05) is 12.1 Å². The molecule has 0 radical (unpaired) electrons. The molecule has 35 heavy (non-hydrogen) atoms. The van der Waals surface area contributed by atoms with Gasteiger partial charge in [-0.25, -0.2) is 9.80 Å². The van der Waals surface area contributed by atoms with E-state index in [9.17, 15) is 14.4 Å². The Hall–Kier alpha value is -3.98. The number of hydrazine groups is 1. The molecule has 2 aromatic carbocycles. The van der Waals surface area contributed by atoms with E-state index >= 15 is 0 Å². The second-order valence-electron chi connectivity index (χ2n) is 8.17. The highest BCUT2D eigenvalue weighted by Crippen LogP contribution is 2.18. The van der Waals surface area contributed by atoms with E-state index in [4.69, 9.17) is 20.6 Å². The van der Waals surface area contributed by atoms with Gasteiger partial charge in [-0.3, -0.25) is 20.4 Å². The van der Waals surface area contributed by atoms with Crippen LogP contribution in [0.2, 0.25) is 0 Å². The molecule has 0 aromatic heterocycles. The van der Waals surface area contributed by atoms with Crippen molar-refractivity contribution in [3.63, 3.8) is 0 Å². The maximum Gasteiger partial charge on any atom is 0.343 e. The maximum absolute atomic E-state index is 12.7. The van der Waals surface area contributed by atoms with Gasteiger partial charge in [-0.2, -0.15) is 0 Å². The summed E-state index contributed by atoms with van der Waals surface area (Å²) in [6.07, 6.45) is 4.13. The molecule has 1 atom stereocenters. The monoisotopic (exact) mass is 478 g/mol. The normalized spacial score (nSPS) is 16.3. The molecule has 1 aliphatic rings. The highest BCUT2D eigenvalue weighted by molar-refractivity contribution is 5.97. The summed E-state index contributed by atoms with van der Waals surface area (Å²) in [6, 6.07) is 12.5. The number of carbonyl (C=O) groups is 3. The molecule has 9 heteroatoms. The Balaban J connectivity index is 1.60. The number of hydrogen-bond donors (Lipinski definition) is 3. The third-order valence-corrected chi connectivity index (χ3v) is 5.57. The van der Waals surface area contributed by atoms with E-state index in [1.54, 1.807) is 73.5 Å². The molecule has 9 nitrogen and oxygen atoms in total. The summed E-state index contributed by atoms with van der Waals surface area (Å²) in [5.41, 5.74) is 10.3. The average Bonchev–Trinajstić information content (AvgIpc) is 2.85. The van der Waals surface area contributed by atoms with Gasteiger partial charge in [0, 0.05) is 17.7 Å². The molecule has 1 amide bonds. The number of carbonyl (C=O) groups excluding carboxylic acids is 3. The third kappa shape index (κ3) is 7.00. The molecule has 1 fully saturated rings. The number of nitrogen functional groups attached to an aromatic ring is 1. The van der Waals surface area contributed by atoms with Crippen LogP contribution in [0.15, 0.2) is 54.1 Å². The minimum absolute atomic E-state index is 0.0646. The predicted octanol–water partition coefficient (Wildman–Crippen LogP) is 3.04. The molecule has 1 unspecified atom stereocenters.